The van der Waals surface area contributed by atoms with E-state index >= 15 is 0 Å². The van der Waals surface area contributed by atoms with Crippen LogP contribution in [0.3, 0.4) is 0 Å². The Labute approximate surface area is 426 Å². The number of hydrogen-bond donors (Lipinski definition) is 0. The Morgan fingerprint density at radius 3 is 1.51 bits per heavy atom. The summed E-state index contributed by atoms with van der Waals surface area (Å²) in [5.74, 6) is -2.48. The molecule has 400 valence electrons. The highest BCUT2D eigenvalue weighted by Crippen LogP contribution is 2.32. The van der Waals surface area contributed by atoms with Crippen LogP contribution in [0.15, 0.2) is 36.7 Å². The van der Waals surface area contributed by atoms with Crippen LogP contribution in [0.2, 0.25) is 0 Å². The zero-order valence-corrected chi connectivity index (χ0v) is 43.9. The Bertz CT molecular complexity index is 2100. The third-order valence-electron chi connectivity index (χ3n) is 12.3. The maximum atomic E-state index is 13.8. The molecule has 1 aliphatic heterocycles. The number of aromatic nitrogens is 6. The lowest BCUT2D eigenvalue weighted by Crippen LogP contribution is -2.62. The number of benzene rings is 1. The number of ether oxygens (including phenoxy) is 7. The average Bonchev–Trinajstić information content (AvgIpc) is 4.01. The summed E-state index contributed by atoms with van der Waals surface area (Å²) < 4.78 is 44.1. The van der Waals surface area contributed by atoms with E-state index in [0.717, 1.165) is 59.5 Å². The number of rotatable bonds is 37. The van der Waals surface area contributed by atoms with Gasteiger partial charge in [0.25, 0.3) is 0 Å². The van der Waals surface area contributed by atoms with Crippen LogP contribution in [0.5, 0.6) is 11.5 Å². The van der Waals surface area contributed by atoms with Crippen molar-refractivity contribution >= 4 is 35.7 Å². The monoisotopic (exact) mass is 1010 g/mol. The van der Waals surface area contributed by atoms with Gasteiger partial charge in [-0.2, -0.15) is 0 Å². The summed E-state index contributed by atoms with van der Waals surface area (Å²) in [7, 11) is 0. The number of unbranched alkanes of at least 4 members (excludes halogenated alkanes) is 18. The number of carbonyl (C=O) groups excluding carboxylic acids is 5. The van der Waals surface area contributed by atoms with Crippen LogP contribution >= 0.6 is 0 Å². The maximum absolute atomic E-state index is 13.8. The van der Waals surface area contributed by atoms with Crippen molar-refractivity contribution in [2.24, 2.45) is 0 Å². The highest BCUT2D eigenvalue weighted by molar-refractivity contribution is 5.94. The van der Waals surface area contributed by atoms with Gasteiger partial charge in [0, 0.05) is 58.8 Å². The predicted molar refractivity (Wildman–Crippen MR) is 269 cm³/mol. The minimum Gasteiger partial charge on any atom is -0.487 e. The molecule has 0 spiro atoms. The first-order chi connectivity index (χ1) is 34.8. The number of carbonyl (C=O) groups is 5. The lowest BCUT2D eigenvalue weighted by Gasteiger charge is -2.44. The number of hydrogen-bond acceptors (Lipinski definition) is 16. The maximum Gasteiger partial charge on any atom is 0.303 e. The predicted octanol–water partition coefficient (Wildman–Crippen LogP) is 9.97. The second-order valence-electron chi connectivity index (χ2n) is 18.8. The summed E-state index contributed by atoms with van der Waals surface area (Å²) in [6, 6.07) is 5.24. The third kappa shape index (κ3) is 23.3. The van der Waals surface area contributed by atoms with Gasteiger partial charge in [0.15, 0.2) is 24.1 Å². The molecular formula is C54H82N6O12. The van der Waals surface area contributed by atoms with Gasteiger partial charge in [-0.15, -0.1) is 10.2 Å². The van der Waals surface area contributed by atoms with Crippen LogP contribution in [-0.4, -0.2) is 96.8 Å². The van der Waals surface area contributed by atoms with Crippen molar-refractivity contribution < 1.29 is 57.1 Å². The average molecular weight is 1010 g/mol. The molecular weight excluding hydrogens is 925 g/mol. The lowest BCUT2D eigenvalue weighted by atomic mass is 9.91. The summed E-state index contributed by atoms with van der Waals surface area (Å²) in [5, 5.41) is 17.3. The van der Waals surface area contributed by atoms with E-state index in [-0.39, 0.29) is 19.6 Å². The Balaban J connectivity index is 1.44. The van der Waals surface area contributed by atoms with Crippen LogP contribution in [-0.2, 0) is 74.0 Å². The molecule has 18 nitrogen and oxygen atoms in total. The second-order valence-corrected chi connectivity index (χ2v) is 18.8. The molecule has 3 heterocycles. The van der Waals surface area contributed by atoms with Crippen molar-refractivity contribution in [2.75, 3.05) is 6.61 Å². The van der Waals surface area contributed by atoms with Crippen LogP contribution < -0.4 is 9.47 Å². The summed E-state index contributed by atoms with van der Waals surface area (Å²) in [6.45, 7) is 10.5. The highest BCUT2D eigenvalue weighted by atomic mass is 16.7. The lowest BCUT2D eigenvalue weighted by molar-refractivity contribution is -0.252. The van der Waals surface area contributed by atoms with Crippen molar-refractivity contribution in [1.82, 2.24) is 30.0 Å². The SMILES string of the molecule is CCCCCCCCCCCCn1cc(COc2ccc(/C=C\C(=O)C[C@@H]3O[C@H](COC(C)=O)[C@@H](OC(C)=O)[C@H](OC(C)=O)[C@H]3OC(C)=O)c(OCc3cn(CCCCCCCCCCCC)nn3)c2)nn1. The number of allylic oxidation sites excluding steroid dienone is 1. The van der Waals surface area contributed by atoms with Gasteiger partial charge in [-0.05, 0) is 37.1 Å². The topological polar surface area (TPSA) is 211 Å². The molecule has 1 aromatic carbocycles. The van der Waals surface area contributed by atoms with Gasteiger partial charge < -0.3 is 33.2 Å². The van der Waals surface area contributed by atoms with Crippen molar-refractivity contribution in [1.29, 1.82) is 0 Å². The fraction of sp³-hybridized carbons (Fsp3) is 0.685. The molecule has 0 radical (unpaired) electrons. The van der Waals surface area contributed by atoms with Crippen molar-refractivity contribution in [3.8, 4) is 11.5 Å². The third-order valence-corrected chi connectivity index (χ3v) is 12.3. The molecule has 0 saturated carbocycles. The van der Waals surface area contributed by atoms with Crippen molar-refractivity contribution in [3.05, 3.63) is 53.6 Å². The molecule has 72 heavy (non-hydrogen) atoms. The van der Waals surface area contributed by atoms with Gasteiger partial charge >= 0.3 is 23.9 Å². The van der Waals surface area contributed by atoms with Crippen LogP contribution in [0.1, 0.15) is 193 Å². The molecule has 0 N–H and O–H groups in total. The molecule has 0 aliphatic carbocycles. The second kappa shape index (κ2) is 33.9. The van der Waals surface area contributed by atoms with E-state index in [1.54, 1.807) is 24.3 Å². The van der Waals surface area contributed by atoms with Gasteiger partial charge in [0.1, 0.15) is 54.9 Å². The van der Waals surface area contributed by atoms with Crippen LogP contribution in [0.25, 0.3) is 6.08 Å². The minimum atomic E-state index is -1.39. The number of esters is 4. The van der Waals surface area contributed by atoms with Crippen LogP contribution in [0, 0.1) is 0 Å². The fourth-order valence-electron chi connectivity index (χ4n) is 8.66. The standard InChI is InChI=1S/C54H82N6O12/c1-7-9-11-13-15-17-19-21-23-25-31-59-35-45(55-57-59)37-67-48-30-28-44(49(34-48)68-38-46-36-60(58-56-46)32-26-24-22-20-18-16-14-12-10-8-2)27-29-47(65)33-50-52(69-41(4)62)54(71-43(6)64)53(70-42(5)63)51(72-50)39-66-40(3)61/h27-30,34-36,50-54H,7-26,31-33,37-39H2,1-6H3/b29-27-/t50-,51+,52-,53+,54+/m0/s1. The van der Waals surface area contributed by atoms with E-state index in [1.807, 2.05) is 21.8 Å². The first kappa shape index (κ1) is 58.9. The zero-order chi connectivity index (χ0) is 51.9. The molecule has 1 saturated heterocycles. The number of nitrogens with zero attached hydrogens (tertiary/aromatic N) is 6. The zero-order valence-electron chi connectivity index (χ0n) is 43.9. The van der Waals surface area contributed by atoms with Gasteiger partial charge in [0.05, 0.1) is 12.4 Å². The van der Waals surface area contributed by atoms with E-state index in [4.69, 9.17) is 33.2 Å². The van der Waals surface area contributed by atoms with E-state index < -0.39 is 66.8 Å². The Morgan fingerprint density at radius 2 is 1.03 bits per heavy atom. The number of ketones is 1. The molecule has 2 aromatic heterocycles. The molecule has 3 aromatic rings. The summed E-state index contributed by atoms with van der Waals surface area (Å²) in [6.07, 6.45) is 24.9. The van der Waals surface area contributed by atoms with E-state index in [9.17, 15) is 24.0 Å². The molecule has 0 bridgehead atoms. The fourth-order valence-corrected chi connectivity index (χ4v) is 8.66. The van der Waals surface area contributed by atoms with E-state index in [0.29, 0.717) is 28.5 Å². The number of aryl methyl sites for hydroxylation is 2. The highest BCUT2D eigenvalue weighted by Gasteiger charge is 2.52. The summed E-state index contributed by atoms with van der Waals surface area (Å²) in [4.78, 5) is 62.4. The molecule has 0 unspecified atom stereocenters. The first-order valence-electron chi connectivity index (χ1n) is 26.5. The largest absolute Gasteiger partial charge is 0.487 e. The Kier molecular flexibility index (Phi) is 27.7. The smallest absolute Gasteiger partial charge is 0.303 e. The first-order valence-corrected chi connectivity index (χ1v) is 26.5. The van der Waals surface area contributed by atoms with Crippen LogP contribution in [0.4, 0.5) is 0 Å². The molecule has 18 heteroatoms. The summed E-state index contributed by atoms with van der Waals surface area (Å²) in [5.41, 5.74) is 1.85. The van der Waals surface area contributed by atoms with E-state index in [1.165, 1.54) is 116 Å². The molecule has 0 amide bonds. The minimum absolute atomic E-state index is 0.0916. The Morgan fingerprint density at radius 1 is 0.569 bits per heavy atom. The van der Waals surface area contributed by atoms with Gasteiger partial charge in [-0.1, -0.05) is 140 Å². The van der Waals surface area contributed by atoms with Gasteiger partial charge in [-0.3, -0.25) is 33.3 Å². The van der Waals surface area contributed by atoms with E-state index in [2.05, 4.69) is 34.5 Å². The molecule has 5 atom stereocenters. The summed E-state index contributed by atoms with van der Waals surface area (Å²) >= 11 is 0. The van der Waals surface area contributed by atoms with Gasteiger partial charge in [-0.25, -0.2) is 0 Å². The van der Waals surface area contributed by atoms with Gasteiger partial charge in [0.2, 0.25) is 0 Å². The van der Waals surface area contributed by atoms with Crippen molar-refractivity contribution in [3.63, 3.8) is 0 Å². The molecule has 4 rings (SSSR count). The van der Waals surface area contributed by atoms with Crippen molar-refractivity contribution in [2.45, 2.75) is 233 Å². The molecule has 1 fully saturated rings. The normalized spacial score (nSPS) is 17.7. The molecule has 1 aliphatic rings. The quantitative estimate of drug-likeness (QED) is 0.0227. The Hall–Kier alpha value is -5.65.